The Morgan fingerprint density at radius 2 is 1.20 bits per heavy atom. The smallest absolute Gasteiger partial charge is 0.220 e. The van der Waals surface area contributed by atoms with Crippen LogP contribution in [0.5, 0.6) is 0 Å². The first-order chi connectivity index (χ1) is 12.0. The van der Waals surface area contributed by atoms with Gasteiger partial charge in [-0.15, -0.1) is 0 Å². The third-order valence-corrected chi connectivity index (χ3v) is 5.54. The SMILES string of the molecule is CCCCCCCCCCCCCCCC(=O)NCCO[Si](C)(C)C. The molecular weight excluding hydrogens is 326 g/mol. The maximum atomic E-state index is 11.7. The van der Waals surface area contributed by atoms with E-state index < -0.39 is 8.32 Å². The van der Waals surface area contributed by atoms with E-state index in [1.54, 1.807) is 0 Å². The number of hydrogen-bond acceptors (Lipinski definition) is 2. The van der Waals surface area contributed by atoms with Gasteiger partial charge in [0.1, 0.15) is 0 Å². The van der Waals surface area contributed by atoms with Gasteiger partial charge in [0.25, 0.3) is 0 Å². The normalized spacial score (nSPS) is 11.7. The first-order valence-corrected chi connectivity index (χ1v) is 14.3. The average Bonchev–Trinajstić information content (AvgIpc) is 2.55. The van der Waals surface area contributed by atoms with Crippen LogP contribution >= 0.6 is 0 Å². The van der Waals surface area contributed by atoms with Gasteiger partial charge in [-0.05, 0) is 26.1 Å². The largest absolute Gasteiger partial charge is 0.416 e. The monoisotopic (exact) mass is 371 g/mol. The molecule has 150 valence electrons. The second kappa shape index (κ2) is 17.1. The van der Waals surface area contributed by atoms with Crippen molar-refractivity contribution in [3.8, 4) is 0 Å². The summed E-state index contributed by atoms with van der Waals surface area (Å²) in [5.41, 5.74) is 0. The van der Waals surface area contributed by atoms with Crippen molar-refractivity contribution in [3.05, 3.63) is 0 Å². The Kier molecular flexibility index (Phi) is 16.8. The molecule has 0 aliphatic rings. The molecule has 0 saturated carbocycles. The van der Waals surface area contributed by atoms with Crippen molar-refractivity contribution >= 4 is 14.2 Å². The lowest BCUT2D eigenvalue weighted by molar-refractivity contribution is -0.121. The highest BCUT2D eigenvalue weighted by Crippen LogP contribution is 2.12. The van der Waals surface area contributed by atoms with Crippen LogP contribution in [-0.2, 0) is 9.22 Å². The van der Waals surface area contributed by atoms with Gasteiger partial charge in [0.2, 0.25) is 5.91 Å². The zero-order valence-corrected chi connectivity index (χ0v) is 18.6. The maximum absolute atomic E-state index is 11.7. The van der Waals surface area contributed by atoms with E-state index in [9.17, 15) is 4.79 Å². The summed E-state index contributed by atoms with van der Waals surface area (Å²) in [5.74, 6) is 0.183. The van der Waals surface area contributed by atoms with Gasteiger partial charge in [-0.2, -0.15) is 0 Å². The van der Waals surface area contributed by atoms with Gasteiger partial charge in [0.05, 0.1) is 6.61 Å². The van der Waals surface area contributed by atoms with Crippen LogP contribution in [0.3, 0.4) is 0 Å². The highest BCUT2D eigenvalue weighted by atomic mass is 28.4. The molecule has 0 aromatic rings. The molecule has 1 N–H and O–H groups in total. The Balaban J connectivity index is 3.18. The zero-order chi connectivity index (χ0) is 18.8. The Morgan fingerprint density at radius 1 is 0.760 bits per heavy atom. The van der Waals surface area contributed by atoms with Crippen LogP contribution in [0, 0.1) is 0 Å². The van der Waals surface area contributed by atoms with Crippen molar-refractivity contribution in [2.75, 3.05) is 13.2 Å². The number of nitrogens with one attached hydrogen (secondary N) is 1. The molecule has 0 radical (unpaired) electrons. The van der Waals surface area contributed by atoms with Gasteiger partial charge < -0.3 is 9.74 Å². The molecule has 0 fully saturated rings. The summed E-state index contributed by atoms with van der Waals surface area (Å²) in [7, 11) is -1.44. The second-order valence-electron chi connectivity index (χ2n) is 8.30. The quantitative estimate of drug-likeness (QED) is 0.222. The van der Waals surface area contributed by atoms with Gasteiger partial charge in [0, 0.05) is 13.0 Å². The van der Waals surface area contributed by atoms with E-state index in [1.807, 2.05) is 0 Å². The fourth-order valence-corrected chi connectivity index (χ4v) is 3.65. The van der Waals surface area contributed by atoms with Crippen molar-refractivity contribution in [2.45, 2.75) is 116 Å². The Morgan fingerprint density at radius 3 is 1.64 bits per heavy atom. The van der Waals surface area contributed by atoms with Crippen LogP contribution in [-0.4, -0.2) is 27.4 Å². The van der Waals surface area contributed by atoms with E-state index in [1.165, 1.54) is 77.0 Å². The standard InChI is InChI=1S/C21H45NO2Si/c1-5-6-7-8-9-10-11-12-13-14-15-16-17-18-21(23)22-19-20-24-25(2,3)4/h5-20H2,1-4H3,(H,22,23). The average molecular weight is 372 g/mol. The maximum Gasteiger partial charge on any atom is 0.220 e. The highest BCUT2D eigenvalue weighted by Gasteiger charge is 2.13. The Labute approximate surface area is 158 Å². The molecular formula is C21H45NO2Si. The molecule has 4 heteroatoms. The summed E-state index contributed by atoms with van der Waals surface area (Å²) in [6.45, 7) is 10.1. The molecule has 0 bridgehead atoms. The lowest BCUT2D eigenvalue weighted by atomic mass is 10.0. The van der Waals surface area contributed by atoms with Crippen LogP contribution in [0.25, 0.3) is 0 Å². The molecule has 0 saturated heterocycles. The summed E-state index contributed by atoms with van der Waals surface area (Å²) in [6, 6.07) is 0. The van der Waals surface area contributed by atoms with E-state index in [4.69, 9.17) is 4.43 Å². The lowest BCUT2D eigenvalue weighted by Gasteiger charge is -2.17. The minimum absolute atomic E-state index is 0.183. The van der Waals surface area contributed by atoms with Crippen LogP contribution in [0.1, 0.15) is 96.8 Å². The molecule has 0 spiro atoms. The topological polar surface area (TPSA) is 38.3 Å². The lowest BCUT2D eigenvalue weighted by Crippen LogP contribution is -2.32. The second-order valence-corrected chi connectivity index (χ2v) is 12.8. The molecule has 25 heavy (non-hydrogen) atoms. The summed E-state index contributed by atoms with van der Waals surface area (Å²) in [4.78, 5) is 11.7. The fourth-order valence-electron chi connectivity index (χ4n) is 2.94. The summed E-state index contributed by atoms with van der Waals surface area (Å²) in [5, 5.41) is 2.96. The van der Waals surface area contributed by atoms with E-state index in [0.29, 0.717) is 19.6 Å². The summed E-state index contributed by atoms with van der Waals surface area (Å²) < 4.78 is 5.73. The first-order valence-electron chi connectivity index (χ1n) is 10.9. The predicted octanol–water partition coefficient (Wildman–Crippen LogP) is 6.44. The van der Waals surface area contributed by atoms with E-state index in [2.05, 4.69) is 31.9 Å². The minimum Gasteiger partial charge on any atom is -0.416 e. The first kappa shape index (κ1) is 24.6. The molecule has 3 nitrogen and oxygen atoms in total. The molecule has 0 heterocycles. The zero-order valence-electron chi connectivity index (χ0n) is 17.6. The van der Waals surface area contributed by atoms with Gasteiger partial charge in [-0.1, -0.05) is 84.0 Å². The van der Waals surface area contributed by atoms with Gasteiger partial charge >= 0.3 is 0 Å². The number of amides is 1. The van der Waals surface area contributed by atoms with Crippen molar-refractivity contribution in [1.82, 2.24) is 5.32 Å². The summed E-state index contributed by atoms with van der Waals surface area (Å²) >= 11 is 0. The van der Waals surface area contributed by atoms with Crippen molar-refractivity contribution in [2.24, 2.45) is 0 Å². The molecule has 0 aromatic carbocycles. The fraction of sp³-hybridized carbons (Fsp3) is 0.952. The van der Waals surface area contributed by atoms with Crippen molar-refractivity contribution < 1.29 is 9.22 Å². The molecule has 0 aliphatic heterocycles. The molecule has 0 aliphatic carbocycles. The van der Waals surface area contributed by atoms with Gasteiger partial charge in [-0.25, -0.2) is 0 Å². The molecule has 0 atom stereocenters. The number of unbranched alkanes of at least 4 members (excludes halogenated alkanes) is 12. The third-order valence-electron chi connectivity index (χ3n) is 4.47. The highest BCUT2D eigenvalue weighted by molar-refractivity contribution is 6.69. The van der Waals surface area contributed by atoms with Crippen LogP contribution in [0.15, 0.2) is 0 Å². The molecule has 0 unspecified atom stereocenters. The van der Waals surface area contributed by atoms with Crippen LogP contribution in [0.2, 0.25) is 19.6 Å². The predicted molar refractivity (Wildman–Crippen MR) is 113 cm³/mol. The van der Waals surface area contributed by atoms with E-state index in [0.717, 1.165) is 6.42 Å². The Bertz CT molecular complexity index is 303. The number of carbonyl (C=O) groups is 1. The number of carbonyl (C=O) groups excluding carboxylic acids is 1. The third kappa shape index (κ3) is 21.6. The molecule has 0 rings (SSSR count). The van der Waals surface area contributed by atoms with Crippen molar-refractivity contribution in [3.63, 3.8) is 0 Å². The van der Waals surface area contributed by atoms with Gasteiger partial charge in [-0.3, -0.25) is 4.79 Å². The van der Waals surface area contributed by atoms with Gasteiger partial charge in [0.15, 0.2) is 8.32 Å². The molecule has 0 aromatic heterocycles. The molecule has 1 amide bonds. The summed E-state index contributed by atoms with van der Waals surface area (Å²) in [6.07, 6.45) is 18.1. The minimum atomic E-state index is -1.44. The number of hydrogen-bond donors (Lipinski definition) is 1. The van der Waals surface area contributed by atoms with Crippen LogP contribution in [0.4, 0.5) is 0 Å². The number of rotatable bonds is 18. The Hall–Kier alpha value is -0.353. The van der Waals surface area contributed by atoms with Crippen molar-refractivity contribution in [1.29, 1.82) is 0 Å². The van der Waals surface area contributed by atoms with E-state index >= 15 is 0 Å². The van der Waals surface area contributed by atoms with Crippen LogP contribution < -0.4 is 5.32 Å². The van der Waals surface area contributed by atoms with E-state index in [-0.39, 0.29) is 5.91 Å².